The molecule has 4 aromatic carbocycles. The summed E-state index contributed by atoms with van der Waals surface area (Å²) < 4.78 is 5.22. The Balaban J connectivity index is 1.71. The standard InChI is InChI=1S/C22H18O/c1-23-22-10-7-16(8-11-22)12-17-6-9-20-14-18-4-2-3-5-19(18)15-21(20)13-17/h2-11,13-15H,12H2,1H3. The largest absolute Gasteiger partial charge is 0.497 e. The number of ether oxygens (including phenoxy) is 1. The zero-order chi connectivity index (χ0) is 15.6. The van der Waals surface area contributed by atoms with E-state index in [4.69, 9.17) is 4.74 Å². The summed E-state index contributed by atoms with van der Waals surface area (Å²) in [5, 5.41) is 5.18. The fraction of sp³-hybridized carbons (Fsp3) is 0.0909. The van der Waals surface area contributed by atoms with Crippen LogP contribution in [0.5, 0.6) is 5.75 Å². The number of benzene rings is 4. The van der Waals surface area contributed by atoms with Crippen LogP contribution >= 0.6 is 0 Å². The molecule has 0 radical (unpaired) electrons. The SMILES string of the molecule is COc1ccc(Cc2ccc3cc4ccccc4cc3c2)cc1. The van der Waals surface area contributed by atoms with Gasteiger partial charge in [-0.05, 0) is 63.4 Å². The summed E-state index contributed by atoms with van der Waals surface area (Å²) in [7, 11) is 1.70. The van der Waals surface area contributed by atoms with Crippen LogP contribution in [0.1, 0.15) is 11.1 Å². The van der Waals surface area contributed by atoms with Gasteiger partial charge in [-0.25, -0.2) is 0 Å². The van der Waals surface area contributed by atoms with E-state index >= 15 is 0 Å². The van der Waals surface area contributed by atoms with Gasteiger partial charge in [0.15, 0.2) is 0 Å². The lowest BCUT2D eigenvalue weighted by molar-refractivity contribution is 0.414. The van der Waals surface area contributed by atoms with Crippen molar-refractivity contribution < 1.29 is 4.74 Å². The Bertz CT molecular complexity index is 968. The number of hydrogen-bond donors (Lipinski definition) is 0. The van der Waals surface area contributed by atoms with E-state index in [2.05, 4.69) is 66.7 Å². The van der Waals surface area contributed by atoms with E-state index in [9.17, 15) is 0 Å². The third-order valence-corrected chi connectivity index (χ3v) is 4.34. The minimum absolute atomic E-state index is 0.902. The maximum absolute atomic E-state index is 5.22. The van der Waals surface area contributed by atoms with Gasteiger partial charge in [0.2, 0.25) is 0 Å². The lowest BCUT2D eigenvalue weighted by Crippen LogP contribution is -1.89. The molecular formula is C22H18O. The Kier molecular flexibility index (Phi) is 3.47. The summed E-state index contributed by atoms with van der Waals surface area (Å²) in [6.07, 6.45) is 0.937. The van der Waals surface area contributed by atoms with Crippen LogP contribution in [0.15, 0.2) is 78.9 Å². The van der Waals surface area contributed by atoms with Gasteiger partial charge in [-0.2, -0.15) is 0 Å². The van der Waals surface area contributed by atoms with Gasteiger partial charge in [-0.15, -0.1) is 0 Å². The molecule has 0 fully saturated rings. The molecule has 0 aliphatic heterocycles. The van der Waals surface area contributed by atoms with E-state index in [-0.39, 0.29) is 0 Å². The molecular weight excluding hydrogens is 280 g/mol. The van der Waals surface area contributed by atoms with Crippen molar-refractivity contribution in [3.63, 3.8) is 0 Å². The lowest BCUT2D eigenvalue weighted by atomic mass is 9.99. The van der Waals surface area contributed by atoms with Crippen LogP contribution in [-0.2, 0) is 6.42 Å². The van der Waals surface area contributed by atoms with E-state index in [0.29, 0.717) is 0 Å². The van der Waals surface area contributed by atoms with Gasteiger partial charge in [0.1, 0.15) is 5.75 Å². The van der Waals surface area contributed by atoms with Crippen LogP contribution in [0, 0.1) is 0 Å². The molecule has 0 aromatic heterocycles. The molecule has 0 aliphatic rings. The second kappa shape index (κ2) is 5.77. The summed E-state index contributed by atoms with van der Waals surface area (Å²) >= 11 is 0. The normalized spacial score (nSPS) is 11.0. The summed E-state index contributed by atoms with van der Waals surface area (Å²) in [4.78, 5) is 0. The van der Waals surface area contributed by atoms with Crippen LogP contribution in [0.25, 0.3) is 21.5 Å². The van der Waals surface area contributed by atoms with E-state index in [1.165, 1.54) is 32.7 Å². The van der Waals surface area contributed by atoms with Crippen molar-refractivity contribution in [1.29, 1.82) is 0 Å². The van der Waals surface area contributed by atoms with E-state index in [1.54, 1.807) is 7.11 Å². The molecule has 0 unspecified atom stereocenters. The quantitative estimate of drug-likeness (QED) is 0.448. The van der Waals surface area contributed by atoms with Crippen molar-refractivity contribution in [3.05, 3.63) is 90.0 Å². The Labute approximate surface area is 136 Å². The molecule has 112 valence electrons. The molecule has 0 amide bonds. The van der Waals surface area contributed by atoms with Crippen LogP contribution in [0.3, 0.4) is 0 Å². The molecule has 0 atom stereocenters. The lowest BCUT2D eigenvalue weighted by Gasteiger charge is -2.07. The Morgan fingerprint density at radius 2 is 1.22 bits per heavy atom. The van der Waals surface area contributed by atoms with Crippen LogP contribution in [0.4, 0.5) is 0 Å². The minimum Gasteiger partial charge on any atom is -0.497 e. The molecule has 0 N–H and O–H groups in total. The smallest absolute Gasteiger partial charge is 0.118 e. The van der Waals surface area contributed by atoms with Crippen LogP contribution in [-0.4, -0.2) is 7.11 Å². The van der Waals surface area contributed by atoms with E-state index in [0.717, 1.165) is 12.2 Å². The second-order valence-electron chi connectivity index (χ2n) is 5.91. The zero-order valence-corrected chi connectivity index (χ0v) is 13.1. The Hall–Kier alpha value is -2.80. The van der Waals surface area contributed by atoms with Crippen molar-refractivity contribution in [1.82, 2.24) is 0 Å². The van der Waals surface area contributed by atoms with Gasteiger partial charge in [0.05, 0.1) is 7.11 Å². The topological polar surface area (TPSA) is 9.23 Å². The number of hydrogen-bond acceptors (Lipinski definition) is 1. The minimum atomic E-state index is 0.902. The predicted octanol–water partition coefficient (Wildman–Crippen LogP) is 5.59. The van der Waals surface area contributed by atoms with Gasteiger partial charge in [-0.3, -0.25) is 0 Å². The molecule has 1 heteroatoms. The van der Waals surface area contributed by atoms with Crippen molar-refractivity contribution in [2.45, 2.75) is 6.42 Å². The molecule has 0 aliphatic carbocycles. The molecule has 4 aromatic rings. The van der Waals surface area contributed by atoms with Gasteiger partial charge >= 0.3 is 0 Å². The van der Waals surface area contributed by atoms with Gasteiger partial charge in [0.25, 0.3) is 0 Å². The van der Waals surface area contributed by atoms with Crippen molar-refractivity contribution in [2.24, 2.45) is 0 Å². The van der Waals surface area contributed by atoms with Gasteiger partial charge < -0.3 is 4.74 Å². The van der Waals surface area contributed by atoms with Crippen LogP contribution < -0.4 is 4.74 Å². The van der Waals surface area contributed by atoms with Crippen LogP contribution in [0.2, 0.25) is 0 Å². The Morgan fingerprint density at radius 1 is 0.609 bits per heavy atom. The highest BCUT2D eigenvalue weighted by atomic mass is 16.5. The number of fused-ring (bicyclic) bond motifs is 2. The first-order valence-electron chi connectivity index (χ1n) is 7.86. The van der Waals surface area contributed by atoms with Gasteiger partial charge in [0, 0.05) is 0 Å². The van der Waals surface area contributed by atoms with Gasteiger partial charge in [-0.1, -0.05) is 54.6 Å². The fourth-order valence-electron chi connectivity index (χ4n) is 3.08. The molecule has 0 bridgehead atoms. The average Bonchev–Trinajstić information content (AvgIpc) is 2.60. The van der Waals surface area contributed by atoms with Crippen molar-refractivity contribution >= 4 is 21.5 Å². The molecule has 0 spiro atoms. The number of rotatable bonds is 3. The van der Waals surface area contributed by atoms with E-state index in [1.807, 2.05) is 12.1 Å². The molecule has 1 nitrogen and oxygen atoms in total. The summed E-state index contributed by atoms with van der Waals surface area (Å²) in [5.41, 5.74) is 2.63. The first-order chi connectivity index (χ1) is 11.3. The first-order valence-corrected chi connectivity index (χ1v) is 7.86. The molecule has 0 saturated carbocycles. The molecule has 0 heterocycles. The van der Waals surface area contributed by atoms with Crippen molar-refractivity contribution in [2.75, 3.05) is 7.11 Å². The third kappa shape index (κ3) is 2.78. The highest BCUT2D eigenvalue weighted by Crippen LogP contribution is 2.25. The number of methoxy groups -OCH3 is 1. The highest BCUT2D eigenvalue weighted by molar-refractivity contribution is 5.98. The van der Waals surface area contributed by atoms with E-state index < -0.39 is 0 Å². The predicted molar refractivity (Wildman–Crippen MR) is 97.3 cm³/mol. The Morgan fingerprint density at radius 3 is 1.91 bits per heavy atom. The molecule has 4 rings (SSSR count). The maximum Gasteiger partial charge on any atom is 0.118 e. The second-order valence-corrected chi connectivity index (χ2v) is 5.91. The zero-order valence-electron chi connectivity index (χ0n) is 13.1. The summed E-state index contributed by atoms with van der Waals surface area (Å²) in [5.74, 6) is 0.902. The summed E-state index contributed by atoms with van der Waals surface area (Å²) in [6, 6.07) is 28.1. The summed E-state index contributed by atoms with van der Waals surface area (Å²) in [6.45, 7) is 0. The molecule has 0 saturated heterocycles. The molecule has 23 heavy (non-hydrogen) atoms. The first kappa shape index (κ1) is 13.8. The monoisotopic (exact) mass is 298 g/mol. The average molecular weight is 298 g/mol. The highest BCUT2D eigenvalue weighted by Gasteiger charge is 2.02. The maximum atomic E-state index is 5.22. The van der Waals surface area contributed by atoms with Crippen molar-refractivity contribution in [3.8, 4) is 5.75 Å². The fourth-order valence-corrected chi connectivity index (χ4v) is 3.08. The third-order valence-electron chi connectivity index (χ3n) is 4.34.